The molecule has 0 aromatic carbocycles. The molecule has 0 unspecified atom stereocenters. The van der Waals surface area contributed by atoms with Crippen LogP contribution in [0.5, 0.6) is 0 Å². The van der Waals surface area contributed by atoms with Gasteiger partial charge in [-0.1, -0.05) is 0 Å². The lowest BCUT2D eigenvalue weighted by Crippen LogP contribution is -2.44. The van der Waals surface area contributed by atoms with Crippen LogP contribution in [0.25, 0.3) is 0 Å². The monoisotopic (exact) mass is 251 g/mol. The van der Waals surface area contributed by atoms with Crippen LogP contribution in [0.2, 0.25) is 0 Å². The number of anilines is 1. The zero-order valence-electron chi connectivity index (χ0n) is 9.13. The van der Waals surface area contributed by atoms with Crippen molar-refractivity contribution in [3.8, 4) is 0 Å². The summed E-state index contributed by atoms with van der Waals surface area (Å²) in [5, 5.41) is 8.21. The second-order valence-electron chi connectivity index (χ2n) is 4.98. The predicted molar refractivity (Wildman–Crippen MR) is 62.9 cm³/mol. The third-order valence-electron chi connectivity index (χ3n) is 3.97. The first kappa shape index (κ1) is 9.85. The van der Waals surface area contributed by atoms with E-state index in [1.54, 1.807) is 6.20 Å². The fourth-order valence-electron chi connectivity index (χ4n) is 3.18. The summed E-state index contributed by atoms with van der Waals surface area (Å²) in [5.41, 5.74) is 0. The second kappa shape index (κ2) is 3.43. The van der Waals surface area contributed by atoms with Crippen molar-refractivity contribution in [2.45, 2.75) is 31.1 Å². The van der Waals surface area contributed by atoms with Gasteiger partial charge in [0.2, 0.25) is 0 Å². The Morgan fingerprint density at radius 3 is 3.12 bits per heavy atom. The second-order valence-corrected chi connectivity index (χ2v) is 5.88. The van der Waals surface area contributed by atoms with Gasteiger partial charge in [0, 0.05) is 11.6 Å². The van der Waals surface area contributed by atoms with Gasteiger partial charge in [-0.3, -0.25) is 5.32 Å². The average molecular weight is 251 g/mol. The van der Waals surface area contributed by atoms with E-state index < -0.39 is 0 Å². The molecule has 4 rings (SSSR count). The van der Waals surface area contributed by atoms with Crippen LogP contribution < -0.4 is 10.6 Å². The van der Waals surface area contributed by atoms with E-state index in [-0.39, 0.29) is 18.2 Å². The van der Waals surface area contributed by atoms with Crippen molar-refractivity contribution in [3.63, 3.8) is 0 Å². The standard InChI is InChI=1S/C11H13N3O2S/c15-10(14-11-12-1-2-17-11)13-7-4-8-5-3-6(5)9(7)16-8/h1-2,5-9H,3-4H2,(H2,12,13,14,15)/t5-,6+,7-,8+,9+/m1/s1. The number of amides is 2. The van der Waals surface area contributed by atoms with E-state index >= 15 is 0 Å². The molecular weight excluding hydrogens is 238 g/mol. The van der Waals surface area contributed by atoms with Gasteiger partial charge in [-0.15, -0.1) is 11.3 Å². The lowest BCUT2D eigenvalue weighted by molar-refractivity contribution is 0.0668. The topological polar surface area (TPSA) is 63.2 Å². The number of nitrogens with zero attached hydrogens (tertiary/aromatic N) is 1. The number of thiazole rings is 1. The molecule has 3 heterocycles. The zero-order chi connectivity index (χ0) is 11.4. The van der Waals surface area contributed by atoms with Crippen molar-refractivity contribution in [1.29, 1.82) is 0 Å². The summed E-state index contributed by atoms with van der Waals surface area (Å²) < 4.78 is 5.83. The number of fused-ring (bicyclic) bond motifs is 5. The summed E-state index contributed by atoms with van der Waals surface area (Å²) in [4.78, 5) is 15.8. The van der Waals surface area contributed by atoms with Gasteiger partial charge in [0.05, 0.1) is 18.2 Å². The van der Waals surface area contributed by atoms with Gasteiger partial charge in [0.1, 0.15) is 0 Å². The summed E-state index contributed by atoms with van der Waals surface area (Å²) in [5.74, 6) is 1.50. The first-order valence-electron chi connectivity index (χ1n) is 5.94. The lowest BCUT2D eigenvalue weighted by atomic mass is 9.96. The molecule has 2 bridgehead atoms. The average Bonchev–Trinajstić information content (AvgIpc) is 2.70. The number of carbonyl (C=O) groups excluding carboxylic acids is 1. The molecule has 2 aliphatic heterocycles. The summed E-state index contributed by atoms with van der Waals surface area (Å²) in [6.07, 6.45) is 4.59. The molecular formula is C11H13N3O2S. The number of carbonyl (C=O) groups is 1. The van der Waals surface area contributed by atoms with Crippen molar-refractivity contribution in [1.82, 2.24) is 10.3 Å². The normalized spacial score (nSPS) is 41.1. The highest BCUT2D eigenvalue weighted by atomic mass is 32.1. The Hall–Kier alpha value is -1.14. The molecule has 2 amide bonds. The van der Waals surface area contributed by atoms with Crippen LogP contribution in [0.4, 0.5) is 9.93 Å². The molecule has 1 saturated carbocycles. The molecule has 5 atom stereocenters. The summed E-state index contributed by atoms with van der Waals surface area (Å²) in [7, 11) is 0. The minimum absolute atomic E-state index is 0.168. The number of aromatic nitrogens is 1. The number of hydrogen-bond acceptors (Lipinski definition) is 4. The largest absolute Gasteiger partial charge is 0.372 e. The van der Waals surface area contributed by atoms with Crippen molar-refractivity contribution in [2.24, 2.45) is 11.8 Å². The minimum Gasteiger partial charge on any atom is -0.372 e. The van der Waals surface area contributed by atoms with Crippen LogP contribution in [-0.4, -0.2) is 29.3 Å². The molecule has 3 aliphatic rings. The molecule has 2 N–H and O–H groups in total. The Kier molecular flexibility index (Phi) is 1.99. The first-order chi connectivity index (χ1) is 8.31. The summed E-state index contributed by atoms with van der Waals surface area (Å²) >= 11 is 1.42. The molecule has 3 fully saturated rings. The fourth-order valence-corrected chi connectivity index (χ4v) is 3.70. The van der Waals surface area contributed by atoms with E-state index in [9.17, 15) is 4.79 Å². The lowest BCUT2D eigenvalue weighted by Gasteiger charge is -2.19. The Morgan fingerprint density at radius 1 is 1.47 bits per heavy atom. The van der Waals surface area contributed by atoms with Crippen molar-refractivity contribution >= 4 is 22.5 Å². The van der Waals surface area contributed by atoms with E-state index in [0.717, 1.165) is 12.3 Å². The fraction of sp³-hybridized carbons (Fsp3) is 0.636. The van der Waals surface area contributed by atoms with Crippen LogP contribution in [0.3, 0.4) is 0 Å². The minimum atomic E-state index is -0.168. The Labute approximate surface area is 103 Å². The molecule has 0 radical (unpaired) electrons. The van der Waals surface area contributed by atoms with Crippen LogP contribution in [-0.2, 0) is 4.74 Å². The van der Waals surface area contributed by atoms with Gasteiger partial charge in [-0.25, -0.2) is 9.78 Å². The van der Waals surface area contributed by atoms with Crippen molar-refractivity contribution in [2.75, 3.05) is 5.32 Å². The SMILES string of the molecule is O=C(Nc1nccs1)N[C@@H]1C[C@@H]2O[C@H]1[C@H]1C[C@H]12. The van der Waals surface area contributed by atoms with Crippen LogP contribution in [0.1, 0.15) is 12.8 Å². The van der Waals surface area contributed by atoms with Crippen molar-refractivity contribution < 1.29 is 9.53 Å². The molecule has 6 heteroatoms. The molecule has 2 saturated heterocycles. The van der Waals surface area contributed by atoms with Gasteiger partial charge in [0.25, 0.3) is 0 Å². The number of rotatable bonds is 2. The number of urea groups is 1. The quantitative estimate of drug-likeness (QED) is 0.836. The highest BCUT2D eigenvalue weighted by molar-refractivity contribution is 7.13. The van der Waals surface area contributed by atoms with E-state index in [4.69, 9.17) is 4.74 Å². The molecule has 90 valence electrons. The maximum Gasteiger partial charge on any atom is 0.321 e. The Balaban J connectivity index is 1.37. The molecule has 1 aliphatic carbocycles. The first-order valence-corrected chi connectivity index (χ1v) is 6.82. The van der Waals surface area contributed by atoms with Gasteiger partial charge in [-0.2, -0.15) is 0 Å². The highest BCUT2D eigenvalue weighted by Gasteiger charge is 2.62. The Morgan fingerprint density at radius 2 is 2.41 bits per heavy atom. The predicted octanol–water partition coefficient (Wildman–Crippen LogP) is 1.44. The maximum atomic E-state index is 11.8. The molecule has 17 heavy (non-hydrogen) atoms. The number of nitrogens with one attached hydrogen (secondary N) is 2. The molecule has 5 nitrogen and oxygen atoms in total. The number of ether oxygens (including phenoxy) is 1. The number of hydrogen-bond donors (Lipinski definition) is 2. The van der Waals surface area contributed by atoms with Gasteiger partial charge in [0.15, 0.2) is 5.13 Å². The van der Waals surface area contributed by atoms with Crippen LogP contribution >= 0.6 is 11.3 Å². The zero-order valence-corrected chi connectivity index (χ0v) is 9.94. The van der Waals surface area contributed by atoms with E-state index in [1.165, 1.54) is 17.8 Å². The van der Waals surface area contributed by atoms with Gasteiger partial charge in [-0.05, 0) is 24.7 Å². The maximum absolute atomic E-state index is 11.8. The smallest absolute Gasteiger partial charge is 0.321 e. The van der Waals surface area contributed by atoms with Crippen LogP contribution in [0, 0.1) is 11.8 Å². The highest BCUT2D eigenvalue weighted by Crippen LogP contribution is 2.58. The van der Waals surface area contributed by atoms with Gasteiger partial charge < -0.3 is 10.1 Å². The van der Waals surface area contributed by atoms with E-state index in [1.807, 2.05) is 5.38 Å². The van der Waals surface area contributed by atoms with E-state index in [0.29, 0.717) is 17.2 Å². The molecule has 1 aromatic rings. The summed E-state index contributed by atoms with van der Waals surface area (Å²) in [6, 6.07) is 0.0158. The molecule has 0 spiro atoms. The third kappa shape index (κ3) is 1.55. The van der Waals surface area contributed by atoms with E-state index in [2.05, 4.69) is 15.6 Å². The van der Waals surface area contributed by atoms with Crippen molar-refractivity contribution in [3.05, 3.63) is 11.6 Å². The Bertz CT molecular complexity index is 450. The van der Waals surface area contributed by atoms with Crippen LogP contribution in [0.15, 0.2) is 11.6 Å². The third-order valence-corrected chi connectivity index (χ3v) is 4.66. The van der Waals surface area contributed by atoms with Gasteiger partial charge >= 0.3 is 6.03 Å². The summed E-state index contributed by atoms with van der Waals surface area (Å²) in [6.45, 7) is 0. The molecule has 1 aromatic heterocycles.